The molecule has 0 spiro atoms. The molecule has 0 aromatic carbocycles. The summed E-state index contributed by atoms with van der Waals surface area (Å²) in [7, 11) is -17.6. The molecule has 6 N–H and O–H groups in total. The van der Waals surface area contributed by atoms with Crippen molar-refractivity contribution in [2.75, 3.05) is 13.3 Å². The molecule has 1 aromatic rings. The van der Waals surface area contributed by atoms with E-state index in [1.54, 1.807) is 4.98 Å². The van der Waals surface area contributed by atoms with Crippen LogP contribution in [0, 0.1) is 0 Å². The molecule has 22 heteroatoms. The van der Waals surface area contributed by atoms with Gasteiger partial charge >= 0.3 is 35.1 Å². The van der Waals surface area contributed by atoms with Gasteiger partial charge in [0, 0.05) is 12.3 Å². The van der Waals surface area contributed by atoms with Crippen LogP contribution in [-0.2, 0) is 31.6 Å². The Morgan fingerprint density at radius 3 is 2.22 bits per heavy atom. The monoisotopic (exact) mass is 536 g/mol. The smallest absolute Gasteiger partial charge is 0.383 e. The molecule has 184 valence electrons. The standard InChI is InChI=1S/C10H14F3N2O14P3/c11-3-9(4-26-31(22,23)29-32(24,25)28-30(19,20)21)6(17)10(12,13)7(27-9)15-2-1-5(16)14-8(15)18/h1-2,6-7,17H,3-4H2,(H,22,23)(H,24,25)(H,14,16,18)(H2,19,20,21). The van der Waals surface area contributed by atoms with Gasteiger partial charge in [-0.25, -0.2) is 22.9 Å². The molecule has 0 aliphatic carbocycles. The Hall–Kier alpha value is -1.20. The largest absolute Gasteiger partial charge is 0.490 e. The number of aliphatic hydroxyl groups excluding tert-OH is 1. The summed E-state index contributed by atoms with van der Waals surface area (Å²) in [5, 5.41) is 9.90. The van der Waals surface area contributed by atoms with Gasteiger partial charge in [-0.15, -0.1) is 0 Å². The van der Waals surface area contributed by atoms with E-state index in [9.17, 15) is 46.5 Å². The zero-order valence-electron chi connectivity index (χ0n) is 15.1. The van der Waals surface area contributed by atoms with Crippen LogP contribution < -0.4 is 11.2 Å². The van der Waals surface area contributed by atoms with Crippen LogP contribution in [0.4, 0.5) is 13.2 Å². The van der Waals surface area contributed by atoms with Crippen LogP contribution >= 0.6 is 23.5 Å². The van der Waals surface area contributed by atoms with Crippen molar-refractivity contribution in [3.8, 4) is 0 Å². The quantitative estimate of drug-likeness (QED) is 0.210. The van der Waals surface area contributed by atoms with E-state index in [1.165, 1.54) is 0 Å². The molecular formula is C10H14F3N2O14P3. The minimum atomic E-state index is -5.97. The van der Waals surface area contributed by atoms with E-state index in [0.29, 0.717) is 12.3 Å². The molecule has 1 saturated heterocycles. The second kappa shape index (κ2) is 8.87. The minimum Gasteiger partial charge on any atom is -0.383 e. The van der Waals surface area contributed by atoms with Crippen LogP contribution in [0.1, 0.15) is 6.23 Å². The van der Waals surface area contributed by atoms with E-state index >= 15 is 0 Å². The molecule has 1 fully saturated rings. The van der Waals surface area contributed by atoms with Crippen LogP contribution in [0.2, 0.25) is 0 Å². The highest BCUT2D eigenvalue weighted by Gasteiger charge is 2.68. The molecule has 1 aliphatic heterocycles. The maximum Gasteiger partial charge on any atom is 0.490 e. The number of aromatic nitrogens is 2. The van der Waals surface area contributed by atoms with Gasteiger partial charge in [0.25, 0.3) is 5.56 Å². The second-order valence-corrected chi connectivity index (χ2v) is 10.5. The highest BCUT2D eigenvalue weighted by molar-refractivity contribution is 7.66. The minimum absolute atomic E-state index is 0.0763. The number of alkyl halides is 3. The van der Waals surface area contributed by atoms with Crippen molar-refractivity contribution in [1.82, 2.24) is 9.55 Å². The van der Waals surface area contributed by atoms with Gasteiger partial charge in [-0.3, -0.25) is 18.9 Å². The molecule has 2 heterocycles. The predicted molar refractivity (Wildman–Crippen MR) is 90.9 cm³/mol. The maximum absolute atomic E-state index is 14.5. The zero-order chi connectivity index (χ0) is 24.8. The maximum atomic E-state index is 14.5. The van der Waals surface area contributed by atoms with E-state index in [4.69, 9.17) is 19.4 Å². The van der Waals surface area contributed by atoms with Gasteiger partial charge < -0.3 is 29.4 Å². The molecule has 5 atom stereocenters. The van der Waals surface area contributed by atoms with Crippen molar-refractivity contribution in [1.29, 1.82) is 0 Å². The van der Waals surface area contributed by atoms with Gasteiger partial charge in [0.15, 0.2) is 11.7 Å². The summed E-state index contributed by atoms with van der Waals surface area (Å²) < 4.78 is 91.9. The predicted octanol–water partition coefficient (Wildman–Crippen LogP) is -0.887. The first-order valence-corrected chi connectivity index (χ1v) is 12.3. The molecule has 32 heavy (non-hydrogen) atoms. The lowest BCUT2D eigenvalue weighted by molar-refractivity contribution is -0.147. The first-order valence-electron chi connectivity index (χ1n) is 7.74. The Morgan fingerprint density at radius 2 is 1.72 bits per heavy atom. The number of H-pyrrole nitrogens is 1. The number of hydrogen-bond donors (Lipinski definition) is 6. The highest BCUT2D eigenvalue weighted by Crippen LogP contribution is 2.66. The Bertz CT molecular complexity index is 1120. The Morgan fingerprint density at radius 1 is 1.12 bits per heavy atom. The molecule has 0 bridgehead atoms. The summed E-state index contributed by atoms with van der Waals surface area (Å²) in [4.78, 5) is 59.7. The number of nitrogens with one attached hydrogen (secondary N) is 1. The third kappa shape index (κ3) is 6.02. The van der Waals surface area contributed by atoms with Crippen molar-refractivity contribution < 1.29 is 69.4 Å². The number of aromatic amines is 1. The van der Waals surface area contributed by atoms with Crippen LogP contribution in [-0.4, -0.2) is 65.1 Å². The van der Waals surface area contributed by atoms with E-state index < -0.39 is 71.9 Å². The van der Waals surface area contributed by atoms with Gasteiger partial charge in [0.2, 0.25) is 6.23 Å². The fourth-order valence-electron chi connectivity index (χ4n) is 2.46. The van der Waals surface area contributed by atoms with E-state index in [2.05, 4.69) is 13.1 Å². The molecule has 0 amide bonds. The number of rotatable bonds is 9. The summed E-state index contributed by atoms with van der Waals surface area (Å²) in [6, 6.07) is 0.620. The first kappa shape index (κ1) is 27.0. The van der Waals surface area contributed by atoms with E-state index in [-0.39, 0.29) is 4.57 Å². The number of phosphoric acid groups is 3. The normalized spacial score (nSPS) is 29.4. The first-order chi connectivity index (χ1) is 14.3. The third-order valence-corrected chi connectivity index (χ3v) is 7.54. The molecule has 16 nitrogen and oxygen atoms in total. The Kier molecular flexibility index (Phi) is 7.49. The average Bonchev–Trinajstić information content (AvgIpc) is 2.78. The van der Waals surface area contributed by atoms with Crippen LogP contribution in [0.5, 0.6) is 0 Å². The number of aliphatic hydroxyl groups is 1. The van der Waals surface area contributed by atoms with Crippen molar-refractivity contribution in [3.63, 3.8) is 0 Å². The summed E-state index contributed by atoms with van der Waals surface area (Å²) in [6.45, 7) is -3.80. The lowest BCUT2D eigenvalue weighted by Gasteiger charge is -2.29. The summed E-state index contributed by atoms with van der Waals surface area (Å²) in [5.74, 6) is -4.45. The summed E-state index contributed by atoms with van der Waals surface area (Å²) in [6.07, 6.45) is -5.36. The number of nitrogens with zero attached hydrogens (tertiary/aromatic N) is 1. The fraction of sp³-hybridized carbons (Fsp3) is 0.600. The van der Waals surface area contributed by atoms with E-state index in [1.807, 2.05) is 0 Å². The van der Waals surface area contributed by atoms with E-state index in [0.717, 1.165) is 0 Å². The van der Waals surface area contributed by atoms with Gasteiger partial charge in [0.05, 0.1) is 6.61 Å². The van der Waals surface area contributed by atoms with Crippen molar-refractivity contribution >= 4 is 23.5 Å². The lowest BCUT2D eigenvalue weighted by Crippen LogP contribution is -2.51. The molecule has 1 aliphatic rings. The van der Waals surface area contributed by atoms with Crippen molar-refractivity contribution in [3.05, 3.63) is 33.1 Å². The third-order valence-electron chi connectivity index (χ3n) is 3.76. The number of hydrogen-bond acceptors (Lipinski definition) is 10. The van der Waals surface area contributed by atoms with Crippen molar-refractivity contribution in [2.24, 2.45) is 0 Å². The topological polar surface area (TPSA) is 244 Å². The molecule has 0 saturated carbocycles. The Labute approximate surface area is 173 Å². The fourth-order valence-corrected chi connectivity index (χ4v) is 5.53. The summed E-state index contributed by atoms with van der Waals surface area (Å²) in [5.41, 5.74) is -5.59. The molecule has 5 unspecified atom stereocenters. The van der Waals surface area contributed by atoms with Gasteiger partial charge in [-0.2, -0.15) is 17.4 Å². The number of phosphoric ester groups is 1. The van der Waals surface area contributed by atoms with Crippen molar-refractivity contribution in [2.45, 2.75) is 23.9 Å². The van der Waals surface area contributed by atoms with Crippen LogP contribution in [0.3, 0.4) is 0 Å². The molecule has 0 radical (unpaired) electrons. The zero-order valence-corrected chi connectivity index (χ0v) is 17.7. The molecule has 2 rings (SSSR count). The Balaban J connectivity index is 2.28. The second-order valence-electron chi connectivity index (χ2n) is 6.13. The average molecular weight is 536 g/mol. The highest BCUT2D eigenvalue weighted by atomic mass is 31.3. The van der Waals surface area contributed by atoms with Gasteiger partial charge in [-0.1, -0.05) is 0 Å². The number of halogens is 3. The number of ether oxygens (including phenoxy) is 1. The van der Waals surface area contributed by atoms with Crippen LogP contribution in [0.25, 0.3) is 0 Å². The lowest BCUT2D eigenvalue weighted by atomic mass is 9.97. The van der Waals surface area contributed by atoms with Gasteiger partial charge in [-0.05, 0) is 0 Å². The molecule has 1 aromatic heterocycles. The van der Waals surface area contributed by atoms with Crippen LogP contribution in [0.15, 0.2) is 21.9 Å². The molecular weight excluding hydrogens is 522 g/mol. The SMILES string of the molecule is O=c1ccn(C2OC(CF)(COP(=O)(O)OP(=O)(O)OP(=O)(O)O)C(O)C2(F)F)c(=O)[nH]1. The summed E-state index contributed by atoms with van der Waals surface area (Å²) >= 11 is 0. The van der Waals surface area contributed by atoms with Gasteiger partial charge in [0.1, 0.15) is 6.67 Å².